The van der Waals surface area contributed by atoms with E-state index in [4.69, 9.17) is 20.7 Å². The van der Waals surface area contributed by atoms with Crippen molar-refractivity contribution in [3.8, 4) is 0 Å². The molecule has 0 unspecified atom stereocenters. The van der Waals surface area contributed by atoms with Crippen molar-refractivity contribution in [2.24, 2.45) is 5.73 Å². The van der Waals surface area contributed by atoms with Gasteiger partial charge in [0.15, 0.2) is 0 Å². The van der Waals surface area contributed by atoms with Crippen LogP contribution < -0.4 is 5.73 Å². The summed E-state index contributed by atoms with van der Waals surface area (Å²) in [5.74, 6) is 0. The summed E-state index contributed by atoms with van der Waals surface area (Å²) in [6, 6.07) is 0. The van der Waals surface area contributed by atoms with Crippen LogP contribution in [0.3, 0.4) is 0 Å². The second-order valence-electron chi connectivity index (χ2n) is 2.17. The van der Waals surface area contributed by atoms with Crippen molar-refractivity contribution in [3.63, 3.8) is 0 Å². The van der Waals surface area contributed by atoms with Gasteiger partial charge in [-0.3, -0.25) is 0 Å². The van der Waals surface area contributed by atoms with Gasteiger partial charge in [0.05, 0.1) is 12.7 Å². The van der Waals surface area contributed by atoms with E-state index in [1.165, 1.54) is 0 Å². The number of nitrogens with two attached hydrogens (primary N) is 1. The molecular formula is C5H11NO3. The third-order valence-corrected chi connectivity index (χ3v) is 1.49. The molecule has 0 amide bonds. The fraction of sp³-hybridized carbons (Fsp3) is 1.00. The topological polar surface area (TPSA) is 75.7 Å². The SMILES string of the molecule is NC[C@H]1OC[C@@H](O)[C@H]1O. The molecule has 0 bridgehead atoms. The largest absolute Gasteiger partial charge is 0.388 e. The minimum absolute atomic E-state index is 0.197. The van der Waals surface area contributed by atoms with Crippen LogP contribution >= 0.6 is 0 Å². The number of rotatable bonds is 1. The molecule has 4 heteroatoms. The Morgan fingerprint density at radius 1 is 1.56 bits per heavy atom. The van der Waals surface area contributed by atoms with Crippen LogP contribution in [0.4, 0.5) is 0 Å². The van der Waals surface area contributed by atoms with Crippen LogP contribution in [0.1, 0.15) is 0 Å². The predicted molar refractivity (Wildman–Crippen MR) is 30.8 cm³/mol. The molecule has 0 aromatic heterocycles. The van der Waals surface area contributed by atoms with Gasteiger partial charge in [0.1, 0.15) is 12.2 Å². The predicted octanol–water partition coefficient (Wildman–Crippen LogP) is -1.93. The van der Waals surface area contributed by atoms with Crippen LogP contribution in [0.25, 0.3) is 0 Å². The molecule has 0 radical (unpaired) electrons. The molecule has 3 atom stereocenters. The van der Waals surface area contributed by atoms with Gasteiger partial charge in [-0.2, -0.15) is 0 Å². The first-order valence-corrected chi connectivity index (χ1v) is 2.93. The molecular weight excluding hydrogens is 122 g/mol. The Labute approximate surface area is 53.2 Å². The third-order valence-electron chi connectivity index (χ3n) is 1.49. The molecule has 1 aliphatic rings. The lowest BCUT2D eigenvalue weighted by molar-refractivity contribution is 0.0276. The van der Waals surface area contributed by atoms with Crippen molar-refractivity contribution in [2.45, 2.75) is 18.3 Å². The maximum atomic E-state index is 9.00. The summed E-state index contributed by atoms with van der Waals surface area (Å²) < 4.78 is 4.90. The normalized spacial score (nSPS) is 43.7. The summed E-state index contributed by atoms with van der Waals surface area (Å²) in [5, 5.41) is 17.9. The van der Waals surface area contributed by atoms with Gasteiger partial charge in [0, 0.05) is 6.54 Å². The van der Waals surface area contributed by atoms with Crippen molar-refractivity contribution in [1.82, 2.24) is 0 Å². The number of hydrogen-bond donors (Lipinski definition) is 3. The maximum absolute atomic E-state index is 9.00. The Morgan fingerprint density at radius 2 is 2.22 bits per heavy atom. The zero-order valence-electron chi connectivity index (χ0n) is 5.03. The molecule has 0 spiro atoms. The van der Waals surface area contributed by atoms with Crippen LogP contribution in [0.5, 0.6) is 0 Å². The lowest BCUT2D eigenvalue weighted by Gasteiger charge is -2.10. The zero-order chi connectivity index (χ0) is 6.85. The van der Waals surface area contributed by atoms with Crippen LogP contribution in [0, 0.1) is 0 Å². The first-order valence-electron chi connectivity index (χ1n) is 2.93. The van der Waals surface area contributed by atoms with Crippen molar-refractivity contribution >= 4 is 0 Å². The highest BCUT2D eigenvalue weighted by molar-refractivity contribution is 4.83. The number of aliphatic hydroxyl groups excluding tert-OH is 2. The van der Waals surface area contributed by atoms with E-state index in [1.54, 1.807) is 0 Å². The van der Waals surface area contributed by atoms with Gasteiger partial charge in [0.2, 0.25) is 0 Å². The third kappa shape index (κ3) is 1.21. The van der Waals surface area contributed by atoms with E-state index in [-0.39, 0.29) is 19.3 Å². The van der Waals surface area contributed by atoms with E-state index in [9.17, 15) is 0 Å². The number of hydrogen-bond acceptors (Lipinski definition) is 4. The summed E-state index contributed by atoms with van der Waals surface area (Å²) in [6.07, 6.45) is -1.92. The van der Waals surface area contributed by atoms with E-state index in [0.29, 0.717) is 0 Å². The minimum atomic E-state index is -0.796. The van der Waals surface area contributed by atoms with Crippen LogP contribution in [-0.2, 0) is 4.74 Å². The Morgan fingerprint density at radius 3 is 2.44 bits per heavy atom. The van der Waals surface area contributed by atoms with Crippen LogP contribution in [-0.4, -0.2) is 41.7 Å². The van der Waals surface area contributed by atoms with E-state index < -0.39 is 12.2 Å². The quantitative estimate of drug-likeness (QED) is 0.389. The Kier molecular flexibility index (Phi) is 2.02. The second kappa shape index (κ2) is 2.62. The van der Waals surface area contributed by atoms with E-state index in [1.807, 2.05) is 0 Å². The minimum Gasteiger partial charge on any atom is -0.388 e. The van der Waals surface area contributed by atoms with Gasteiger partial charge < -0.3 is 20.7 Å². The molecule has 1 rings (SSSR count). The van der Waals surface area contributed by atoms with Gasteiger partial charge in [-0.05, 0) is 0 Å². The van der Waals surface area contributed by atoms with E-state index in [2.05, 4.69) is 0 Å². The fourth-order valence-corrected chi connectivity index (χ4v) is 0.875. The summed E-state index contributed by atoms with van der Waals surface area (Å²) >= 11 is 0. The smallest absolute Gasteiger partial charge is 0.109 e. The molecule has 0 aromatic carbocycles. The Balaban J connectivity index is 2.41. The highest BCUT2D eigenvalue weighted by Gasteiger charge is 2.32. The molecule has 1 aliphatic heterocycles. The molecule has 1 fully saturated rings. The Bertz CT molecular complexity index is 98.2. The molecule has 1 heterocycles. The van der Waals surface area contributed by atoms with Crippen molar-refractivity contribution in [2.75, 3.05) is 13.2 Å². The number of aliphatic hydroxyl groups is 2. The molecule has 0 saturated carbocycles. The lowest BCUT2D eigenvalue weighted by atomic mass is 10.1. The summed E-state index contributed by atoms with van der Waals surface area (Å²) in [6.45, 7) is 0.460. The molecule has 1 saturated heterocycles. The monoisotopic (exact) mass is 133 g/mol. The molecule has 9 heavy (non-hydrogen) atoms. The summed E-state index contributed by atoms with van der Waals surface area (Å²) in [5.41, 5.74) is 5.19. The summed E-state index contributed by atoms with van der Waals surface area (Å²) in [4.78, 5) is 0. The van der Waals surface area contributed by atoms with Gasteiger partial charge in [-0.15, -0.1) is 0 Å². The average Bonchev–Trinajstić information content (AvgIpc) is 2.15. The van der Waals surface area contributed by atoms with Gasteiger partial charge in [0.25, 0.3) is 0 Å². The molecule has 0 aliphatic carbocycles. The molecule has 4 N–H and O–H groups in total. The van der Waals surface area contributed by atoms with Gasteiger partial charge in [-0.1, -0.05) is 0 Å². The molecule has 0 aromatic rings. The van der Waals surface area contributed by atoms with Crippen molar-refractivity contribution in [1.29, 1.82) is 0 Å². The highest BCUT2D eigenvalue weighted by atomic mass is 16.5. The zero-order valence-corrected chi connectivity index (χ0v) is 5.03. The first-order chi connectivity index (χ1) is 4.25. The molecule has 54 valence electrons. The van der Waals surface area contributed by atoms with Crippen molar-refractivity contribution < 1.29 is 14.9 Å². The van der Waals surface area contributed by atoms with E-state index in [0.717, 1.165) is 0 Å². The standard InChI is InChI=1S/C5H11NO3/c6-1-4-5(8)3(7)2-9-4/h3-5,7-8H,1-2,6H2/t3-,4-,5-/m1/s1. The van der Waals surface area contributed by atoms with Gasteiger partial charge >= 0.3 is 0 Å². The fourth-order valence-electron chi connectivity index (χ4n) is 0.875. The lowest BCUT2D eigenvalue weighted by Crippen LogP contribution is -2.34. The maximum Gasteiger partial charge on any atom is 0.109 e. The molecule has 4 nitrogen and oxygen atoms in total. The van der Waals surface area contributed by atoms with Crippen LogP contribution in [0.15, 0.2) is 0 Å². The number of ether oxygens (including phenoxy) is 1. The summed E-state index contributed by atoms with van der Waals surface area (Å²) in [7, 11) is 0. The average molecular weight is 133 g/mol. The van der Waals surface area contributed by atoms with E-state index >= 15 is 0 Å². The van der Waals surface area contributed by atoms with Gasteiger partial charge in [-0.25, -0.2) is 0 Å². The highest BCUT2D eigenvalue weighted by Crippen LogP contribution is 2.12. The first kappa shape index (κ1) is 6.95. The Hall–Kier alpha value is -0.160. The second-order valence-corrected chi connectivity index (χ2v) is 2.17. The van der Waals surface area contributed by atoms with Crippen LogP contribution in [0.2, 0.25) is 0 Å². The van der Waals surface area contributed by atoms with Crippen molar-refractivity contribution in [3.05, 3.63) is 0 Å².